The minimum Gasteiger partial charge on any atom is -0.479 e. The van der Waals surface area contributed by atoms with Crippen molar-refractivity contribution in [1.82, 2.24) is 30.1 Å². The number of carboxylic acid groups (broad SMARTS) is 1. The van der Waals surface area contributed by atoms with Gasteiger partial charge in [0.2, 0.25) is 5.82 Å². The number of aromatic carboxylic acids is 1. The number of alkyl halides is 2. The maximum atomic E-state index is 14.6. The molecule has 1 aliphatic rings. The Hall–Kier alpha value is -4.43. The normalized spacial score (nSPS) is 17.3. The van der Waals surface area contributed by atoms with Crippen molar-refractivity contribution in [2.45, 2.75) is 12.0 Å². The van der Waals surface area contributed by atoms with Crippen molar-refractivity contribution < 1.29 is 23.4 Å². The van der Waals surface area contributed by atoms with E-state index in [0.29, 0.717) is 0 Å². The fourth-order valence-corrected chi connectivity index (χ4v) is 3.08. The largest absolute Gasteiger partial charge is 0.479 e. The molecular formula is C17H13F2N7O6. The van der Waals surface area contributed by atoms with E-state index in [-0.39, 0.29) is 22.7 Å². The molecule has 13 nitrogen and oxygen atoms in total. The summed E-state index contributed by atoms with van der Waals surface area (Å²) < 4.78 is 34.4. The average molecular weight is 449 g/mol. The lowest BCUT2D eigenvalue weighted by Crippen LogP contribution is -2.36. The number of carboxylic acids is 1. The van der Waals surface area contributed by atoms with Crippen LogP contribution in [0.15, 0.2) is 39.0 Å². The molecule has 1 fully saturated rings. The van der Waals surface area contributed by atoms with Gasteiger partial charge in [0, 0.05) is 6.20 Å². The number of nitrogens with one attached hydrogen (secondary N) is 3. The first-order valence-corrected chi connectivity index (χ1v) is 8.91. The number of hydrogen-bond donors (Lipinski definition) is 4. The van der Waals surface area contributed by atoms with Gasteiger partial charge in [0.1, 0.15) is 5.69 Å². The van der Waals surface area contributed by atoms with Crippen LogP contribution in [0.3, 0.4) is 0 Å². The summed E-state index contributed by atoms with van der Waals surface area (Å²) in [5, 5.41) is 14.7. The number of halogens is 2. The third-order valence-electron chi connectivity index (χ3n) is 4.58. The van der Waals surface area contributed by atoms with E-state index >= 15 is 0 Å². The van der Waals surface area contributed by atoms with E-state index in [0.717, 1.165) is 29.6 Å². The molecule has 0 aliphatic carbocycles. The SMILES string of the molecule is O=C(O)c1ncc(OC2CN(c3cc(-c4c[nH]c(=O)[nH]c4=O)n[nH]c3=O)CC2(F)F)cn1. The van der Waals surface area contributed by atoms with Gasteiger partial charge in [-0.15, -0.1) is 0 Å². The van der Waals surface area contributed by atoms with Gasteiger partial charge in [-0.3, -0.25) is 14.6 Å². The lowest BCUT2D eigenvalue weighted by molar-refractivity contribution is -0.0596. The molecule has 0 amide bonds. The molecule has 0 bridgehead atoms. The maximum Gasteiger partial charge on any atom is 0.373 e. The molecule has 1 atom stereocenters. The van der Waals surface area contributed by atoms with Gasteiger partial charge in [-0.1, -0.05) is 0 Å². The Morgan fingerprint density at radius 3 is 2.59 bits per heavy atom. The Morgan fingerprint density at radius 1 is 1.22 bits per heavy atom. The van der Waals surface area contributed by atoms with Crippen molar-refractivity contribution in [1.29, 1.82) is 0 Å². The zero-order valence-corrected chi connectivity index (χ0v) is 15.8. The summed E-state index contributed by atoms with van der Waals surface area (Å²) in [5.41, 5.74) is -2.64. The van der Waals surface area contributed by atoms with E-state index in [4.69, 9.17) is 9.84 Å². The molecule has 3 aromatic heterocycles. The smallest absolute Gasteiger partial charge is 0.373 e. The molecule has 3 aromatic rings. The number of ether oxygens (including phenoxy) is 1. The first kappa shape index (κ1) is 20.8. The van der Waals surface area contributed by atoms with Crippen LogP contribution in [0, 0.1) is 0 Å². The highest BCUT2D eigenvalue weighted by Crippen LogP contribution is 2.33. The molecule has 0 aromatic carbocycles. The molecule has 166 valence electrons. The van der Waals surface area contributed by atoms with E-state index in [9.17, 15) is 28.0 Å². The Morgan fingerprint density at radius 2 is 1.94 bits per heavy atom. The molecule has 1 unspecified atom stereocenters. The van der Waals surface area contributed by atoms with Crippen LogP contribution in [0.2, 0.25) is 0 Å². The van der Waals surface area contributed by atoms with Gasteiger partial charge in [0.05, 0.1) is 36.7 Å². The molecule has 32 heavy (non-hydrogen) atoms. The first-order chi connectivity index (χ1) is 15.1. The number of aromatic amines is 3. The van der Waals surface area contributed by atoms with Crippen LogP contribution in [0.25, 0.3) is 11.3 Å². The summed E-state index contributed by atoms with van der Waals surface area (Å²) in [7, 11) is 0. The van der Waals surface area contributed by atoms with Crippen LogP contribution in [-0.2, 0) is 0 Å². The van der Waals surface area contributed by atoms with Gasteiger partial charge in [-0.05, 0) is 6.07 Å². The predicted molar refractivity (Wildman–Crippen MR) is 102 cm³/mol. The topological polar surface area (TPSA) is 187 Å². The van der Waals surface area contributed by atoms with E-state index < -0.39 is 53.7 Å². The molecule has 0 saturated carbocycles. The lowest BCUT2D eigenvalue weighted by atomic mass is 10.2. The van der Waals surface area contributed by atoms with Gasteiger partial charge in [0.25, 0.3) is 11.1 Å². The number of H-pyrrole nitrogens is 3. The van der Waals surface area contributed by atoms with Crippen molar-refractivity contribution in [2.75, 3.05) is 18.0 Å². The van der Waals surface area contributed by atoms with E-state index in [1.54, 1.807) is 0 Å². The standard InChI is InChI=1S/C17H13F2N7O6/c18-17(19)6-26(5-11(17)32-7-2-20-12(15(29)30)21-3-7)10-1-9(24-25-14(10)28)8-4-22-16(31)23-13(8)27/h1-4,11H,5-6H2,(H,25,28)(H,29,30)(H2,22,23,27,31). The van der Waals surface area contributed by atoms with Crippen LogP contribution in [0.5, 0.6) is 5.75 Å². The number of anilines is 1. The van der Waals surface area contributed by atoms with Gasteiger partial charge in [-0.25, -0.2) is 33.4 Å². The highest BCUT2D eigenvalue weighted by molar-refractivity contribution is 5.82. The molecule has 15 heteroatoms. The van der Waals surface area contributed by atoms with E-state index in [1.807, 2.05) is 4.98 Å². The summed E-state index contributed by atoms with van der Waals surface area (Å²) >= 11 is 0. The highest BCUT2D eigenvalue weighted by atomic mass is 19.3. The fourth-order valence-electron chi connectivity index (χ4n) is 3.08. The molecule has 4 heterocycles. The Balaban J connectivity index is 1.60. The van der Waals surface area contributed by atoms with Gasteiger partial charge in [-0.2, -0.15) is 5.10 Å². The molecule has 0 spiro atoms. The average Bonchev–Trinajstić information content (AvgIpc) is 3.03. The number of aromatic nitrogens is 6. The second-order valence-electron chi connectivity index (χ2n) is 6.75. The Kier molecular flexibility index (Phi) is 5.00. The van der Waals surface area contributed by atoms with Crippen molar-refractivity contribution >= 4 is 11.7 Å². The summed E-state index contributed by atoms with van der Waals surface area (Å²) in [5.74, 6) is -5.48. The third kappa shape index (κ3) is 3.94. The summed E-state index contributed by atoms with van der Waals surface area (Å²) in [4.78, 5) is 58.5. The number of hydrogen-bond acceptors (Lipinski definition) is 9. The van der Waals surface area contributed by atoms with Crippen LogP contribution in [0.1, 0.15) is 10.6 Å². The van der Waals surface area contributed by atoms with Crippen molar-refractivity contribution in [3.05, 3.63) is 61.7 Å². The van der Waals surface area contributed by atoms with Crippen molar-refractivity contribution in [3.63, 3.8) is 0 Å². The summed E-state index contributed by atoms with van der Waals surface area (Å²) in [6, 6.07) is 1.14. The summed E-state index contributed by atoms with van der Waals surface area (Å²) in [6.07, 6.45) is 1.29. The lowest BCUT2D eigenvalue weighted by Gasteiger charge is -2.18. The van der Waals surface area contributed by atoms with Crippen molar-refractivity contribution in [2.24, 2.45) is 0 Å². The molecule has 0 radical (unpaired) electrons. The number of carbonyl (C=O) groups is 1. The minimum absolute atomic E-state index is 0.0533. The molecule has 4 N–H and O–H groups in total. The monoisotopic (exact) mass is 449 g/mol. The van der Waals surface area contributed by atoms with E-state index in [2.05, 4.69) is 25.1 Å². The van der Waals surface area contributed by atoms with Gasteiger partial charge < -0.3 is 19.7 Å². The predicted octanol–water partition coefficient (Wildman–Crippen LogP) is -0.795. The van der Waals surface area contributed by atoms with E-state index in [1.165, 1.54) is 0 Å². The Bertz CT molecular complexity index is 1350. The molecule has 4 rings (SSSR count). The third-order valence-corrected chi connectivity index (χ3v) is 4.58. The van der Waals surface area contributed by atoms with Crippen LogP contribution < -0.4 is 26.4 Å². The quantitative estimate of drug-likeness (QED) is 0.384. The number of nitrogens with zero attached hydrogens (tertiary/aromatic N) is 4. The fraction of sp³-hybridized carbons (Fsp3) is 0.235. The second kappa shape index (κ2) is 7.68. The maximum absolute atomic E-state index is 14.6. The minimum atomic E-state index is -3.39. The highest BCUT2D eigenvalue weighted by Gasteiger charge is 2.50. The van der Waals surface area contributed by atoms with Gasteiger partial charge in [0.15, 0.2) is 11.9 Å². The summed E-state index contributed by atoms with van der Waals surface area (Å²) in [6.45, 7) is -1.29. The van der Waals surface area contributed by atoms with Crippen LogP contribution >= 0.6 is 0 Å². The zero-order valence-electron chi connectivity index (χ0n) is 15.8. The number of rotatable bonds is 5. The zero-order chi connectivity index (χ0) is 23.0. The van der Waals surface area contributed by atoms with Crippen LogP contribution in [-0.4, -0.2) is 66.3 Å². The van der Waals surface area contributed by atoms with Crippen molar-refractivity contribution in [3.8, 4) is 17.0 Å². The molecular weight excluding hydrogens is 436 g/mol. The molecule has 1 saturated heterocycles. The Labute approximate surface area is 174 Å². The van der Waals surface area contributed by atoms with Gasteiger partial charge >= 0.3 is 17.6 Å². The first-order valence-electron chi connectivity index (χ1n) is 8.91. The second-order valence-corrected chi connectivity index (χ2v) is 6.75. The van der Waals surface area contributed by atoms with Crippen LogP contribution in [0.4, 0.5) is 14.5 Å². The molecule has 1 aliphatic heterocycles.